The highest BCUT2D eigenvalue weighted by atomic mass is 16.3. The van der Waals surface area contributed by atoms with Gasteiger partial charge in [-0.2, -0.15) is 0 Å². The molecular formula is C13H23N3O4. The van der Waals surface area contributed by atoms with Crippen molar-refractivity contribution in [3.05, 3.63) is 0 Å². The van der Waals surface area contributed by atoms with Crippen molar-refractivity contribution in [1.82, 2.24) is 10.2 Å². The summed E-state index contributed by atoms with van der Waals surface area (Å²) in [5, 5.41) is 12.3. The molecule has 114 valence electrons. The number of carbonyl (C=O) groups excluding carboxylic acids is 3. The Morgan fingerprint density at radius 3 is 2.35 bits per heavy atom. The number of carbonyl (C=O) groups is 3. The van der Waals surface area contributed by atoms with Gasteiger partial charge in [0, 0.05) is 12.0 Å². The van der Waals surface area contributed by atoms with Crippen LogP contribution in [0, 0.1) is 5.41 Å². The summed E-state index contributed by atoms with van der Waals surface area (Å²) in [5.74, 6) is -1.41. The predicted molar refractivity (Wildman–Crippen MR) is 72.4 cm³/mol. The molecule has 0 aliphatic carbocycles. The Morgan fingerprint density at radius 1 is 1.35 bits per heavy atom. The minimum absolute atomic E-state index is 0.253. The van der Waals surface area contributed by atoms with Gasteiger partial charge in [0.15, 0.2) is 0 Å². The van der Waals surface area contributed by atoms with Crippen molar-refractivity contribution in [2.24, 2.45) is 11.1 Å². The molecule has 3 atom stereocenters. The van der Waals surface area contributed by atoms with Crippen LogP contribution in [0.5, 0.6) is 0 Å². The SMILES string of the molecule is C[C@H](NC(=O)C(C)(C)C)C(=O)N1CC[C@H](O)[C@H]1C(N)=O. The van der Waals surface area contributed by atoms with Crippen LogP contribution in [-0.4, -0.2) is 52.5 Å². The lowest BCUT2D eigenvalue weighted by atomic mass is 9.95. The molecule has 0 unspecified atom stereocenters. The van der Waals surface area contributed by atoms with Gasteiger partial charge in [0.05, 0.1) is 6.10 Å². The smallest absolute Gasteiger partial charge is 0.245 e. The number of hydrogen-bond acceptors (Lipinski definition) is 4. The van der Waals surface area contributed by atoms with Gasteiger partial charge in [-0.1, -0.05) is 20.8 Å². The zero-order valence-electron chi connectivity index (χ0n) is 12.3. The second-order valence-electron chi connectivity index (χ2n) is 6.18. The average Bonchev–Trinajstić information content (AvgIpc) is 2.68. The maximum atomic E-state index is 12.3. The van der Waals surface area contributed by atoms with Gasteiger partial charge in [-0.05, 0) is 13.3 Å². The molecule has 0 aromatic rings. The molecule has 0 aromatic carbocycles. The molecule has 7 heteroatoms. The normalized spacial score (nSPS) is 24.4. The van der Waals surface area contributed by atoms with E-state index in [1.165, 1.54) is 4.90 Å². The molecule has 1 heterocycles. The quantitative estimate of drug-likeness (QED) is 0.616. The Morgan fingerprint density at radius 2 is 1.90 bits per heavy atom. The molecule has 1 saturated heterocycles. The highest BCUT2D eigenvalue weighted by molar-refractivity contribution is 5.93. The van der Waals surface area contributed by atoms with E-state index >= 15 is 0 Å². The first-order valence-electron chi connectivity index (χ1n) is 6.64. The third kappa shape index (κ3) is 3.47. The Labute approximate surface area is 118 Å². The molecule has 0 aromatic heterocycles. The van der Waals surface area contributed by atoms with Crippen molar-refractivity contribution < 1.29 is 19.5 Å². The van der Waals surface area contributed by atoms with E-state index in [0.717, 1.165) is 0 Å². The number of primary amides is 1. The van der Waals surface area contributed by atoms with Crippen molar-refractivity contribution in [2.75, 3.05) is 6.54 Å². The summed E-state index contributed by atoms with van der Waals surface area (Å²) in [6.07, 6.45) is -0.638. The van der Waals surface area contributed by atoms with Crippen LogP contribution in [0.15, 0.2) is 0 Å². The molecular weight excluding hydrogens is 262 g/mol. The maximum Gasteiger partial charge on any atom is 0.245 e. The van der Waals surface area contributed by atoms with Crippen LogP contribution in [0.25, 0.3) is 0 Å². The number of aliphatic hydroxyl groups excluding tert-OH is 1. The van der Waals surface area contributed by atoms with E-state index in [4.69, 9.17) is 5.73 Å². The second-order valence-corrected chi connectivity index (χ2v) is 6.18. The highest BCUT2D eigenvalue weighted by Crippen LogP contribution is 2.19. The molecule has 4 N–H and O–H groups in total. The summed E-state index contributed by atoms with van der Waals surface area (Å²) < 4.78 is 0. The number of rotatable bonds is 3. The summed E-state index contributed by atoms with van der Waals surface area (Å²) >= 11 is 0. The van der Waals surface area contributed by atoms with Crippen LogP contribution in [0.3, 0.4) is 0 Å². The Balaban J connectivity index is 2.75. The van der Waals surface area contributed by atoms with Gasteiger partial charge < -0.3 is 21.1 Å². The fourth-order valence-corrected chi connectivity index (χ4v) is 2.09. The van der Waals surface area contributed by atoms with Crippen LogP contribution in [-0.2, 0) is 14.4 Å². The predicted octanol–water partition coefficient (Wildman–Crippen LogP) is -1.02. The van der Waals surface area contributed by atoms with E-state index in [2.05, 4.69) is 5.32 Å². The van der Waals surface area contributed by atoms with Gasteiger partial charge in [0.1, 0.15) is 12.1 Å². The van der Waals surface area contributed by atoms with E-state index in [1.54, 1.807) is 27.7 Å². The Bertz CT molecular complexity index is 416. The van der Waals surface area contributed by atoms with Gasteiger partial charge in [-0.25, -0.2) is 0 Å². The number of likely N-dealkylation sites (tertiary alicyclic amines) is 1. The molecule has 1 aliphatic rings. The van der Waals surface area contributed by atoms with Crippen LogP contribution < -0.4 is 11.1 Å². The lowest BCUT2D eigenvalue weighted by molar-refractivity contribution is -0.142. The summed E-state index contributed by atoms with van der Waals surface area (Å²) in [4.78, 5) is 36.7. The highest BCUT2D eigenvalue weighted by Gasteiger charge is 2.41. The molecule has 1 aliphatic heterocycles. The zero-order chi connectivity index (χ0) is 15.7. The van der Waals surface area contributed by atoms with E-state index < -0.39 is 35.4 Å². The van der Waals surface area contributed by atoms with Crippen LogP contribution in [0.2, 0.25) is 0 Å². The monoisotopic (exact) mass is 285 g/mol. The topological polar surface area (TPSA) is 113 Å². The molecule has 0 bridgehead atoms. The number of nitrogens with zero attached hydrogens (tertiary/aromatic N) is 1. The second kappa shape index (κ2) is 5.78. The van der Waals surface area contributed by atoms with Crippen molar-refractivity contribution in [3.8, 4) is 0 Å². The molecule has 3 amide bonds. The first-order valence-corrected chi connectivity index (χ1v) is 6.64. The van der Waals surface area contributed by atoms with Gasteiger partial charge in [-0.15, -0.1) is 0 Å². The zero-order valence-corrected chi connectivity index (χ0v) is 12.3. The Kier molecular flexibility index (Phi) is 4.75. The van der Waals surface area contributed by atoms with Crippen molar-refractivity contribution in [2.45, 2.75) is 52.3 Å². The Hall–Kier alpha value is -1.63. The first-order chi connectivity index (χ1) is 9.05. The van der Waals surface area contributed by atoms with E-state index in [-0.39, 0.29) is 12.5 Å². The molecule has 1 rings (SSSR count). The van der Waals surface area contributed by atoms with Crippen molar-refractivity contribution in [3.63, 3.8) is 0 Å². The average molecular weight is 285 g/mol. The van der Waals surface area contributed by atoms with Crippen molar-refractivity contribution >= 4 is 17.7 Å². The number of nitrogens with two attached hydrogens (primary N) is 1. The number of hydrogen-bond donors (Lipinski definition) is 3. The summed E-state index contributed by atoms with van der Waals surface area (Å²) in [5.41, 5.74) is 4.60. The molecule has 0 spiro atoms. The minimum Gasteiger partial charge on any atom is -0.390 e. The van der Waals surface area contributed by atoms with Gasteiger partial charge >= 0.3 is 0 Å². The standard InChI is InChI=1S/C13H23N3O4/c1-7(15-12(20)13(2,3)4)11(19)16-6-5-8(17)9(16)10(14)18/h7-9,17H,5-6H2,1-4H3,(H2,14,18)(H,15,20)/t7-,8-,9-/m0/s1. The molecule has 0 radical (unpaired) electrons. The largest absolute Gasteiger partial charge is 0.390 e. The van der Waals surface area contributed by atoms with Crippen LogP contribution in [0.4, 0.5) is 0 Å². The van der Waals surface area contributed by atoms with Gasteiger partial charge in [0.2, 0.25) is 17.7 Å². The summed E-state index contributed by atoms with van der Waals surface area (Å²) in [6.45, 7) is 7.03. The number of nitrogens with one attached hydrogen (secondary N) is 1. The fraction of sp³-hybridized carbons (Fsp3) is 0.769. The summed E-state index contributed by atoms with van der Waals surface area (Å²) in [6, 6.07) is -1.79. The minimum atomic E-state index is -1.02. The van der Waals surface area contributed by atoms with Gasteiger partial charge in [0.25, 0.3) is 0 Å². The van der Waals surface area contributed by atoms with E-state index in [9.17, 15) is 19.5 Å². The lowest BCUT2D eigenvalue weighted by Crippen LogP contribution is -2.55. The number of aliphatic hydroxyl groups is 1. The molecule has 0 saturated carbocycles. The maximum absolute atomic E-state index is 12.3. The first kappa shape index (κ1) is 16.4. The molecule has 20 heavy (non-hydrogen) atoms. The lowest BCUT2D eigenvalue weighted by Gasteiger charge is -2.28. The van der Waals surface area contributed by atoms with Crippen LogP contribution in [0.1, 0.15) is 34.1 Å². The molecule has 7 nitrogen and oxygen atoms in total. The third-order valence-corrected chi connectivity index (χ3v) is 3.34. The molecule has 1 fully saturated rings. The van der Waals surface area contributed by atoms with Gasteiger partial charge in [-0.3, -0.25) is 14.4 Å². The van der Waals surface area contributed by atoms with E-state index in [0.29, 0.717) is 6.42 Å². The van der Waals surface area contributed by atoms with E-state index in [1.807, 2.05) is 0 Å². The number of amides is 3. The van der Waals surface area contributed by atoms with Crippen molar-refractivity contribution in [1.29, 1.82) is 0 Å². The van der Waals surface area contributed by atoms with Crippen LogP contribution >= 0.6 is 0 Å². The third-order valence-electron chi connectivity index (χ3n) is 3.34. The summed E-state index contributed by atoms with van der Waals surface area (Å²) in [7, 11) is 0. The fourth-order valence-electron chi connectivity index (χ4n) is 2.09.